The van der Waals surface area contributed by atoms with E-state index in [4.69, 9.17) is 5.11 Å². The summed E-state index contributed by atoms with van der Waals surface area (Å²) in [5.41, 5.74) is 3.18. The topological polar surface area (TPSA) is 52.6 Å². The molecular formula is C16H35N2NaO2. The molecule has 0 rings (SSSR count). The number of nitrogens with zero attached hydrogens (tertiary/aromatic N) is 1. The molecule has 0 saturated heterocycles. The van der Waals surface area contributed by atoms with E-state index in [2.05, 4.69) is 12.3 Å². The summed E-state index contributed by atoms with van der Waals surface area (Å²) >= 11 is 0. The number of unbranched alkanes of at least 4 members (excludes halogenated alkanes) is 9. The van der Waals surface area contributed by atoms with Gasteiger partial charge in [-0.15, -0.1) is 0 Å². The van der Waals surface area contributed by atoms with E-state index in [-0.39, 0.29) is 37.5 Å². The van der Waals surface area contributed by atoms with Crippen LogP contribution < -0.4 is 35.0 Å². The summed E-state index contributed by atoms with van der Waals surface area (Å²) in [5, 5.41) is 10.5. The zero-order valence-corrected chi connectivity index (χ0v) is 16.5. The molecule has 21 heavy (non-hydrogen) atoms. The van der Waals surface area contributed by atoms with Crippen LogP contribution in [0.2, 0.25) is 0 Å². The van der Waals surface area contributed by atoms with Crippen molar-refractivity contribution in [3.05, 3.63) is 0 Å². The number of carboxylic acid groups (broad SMARTS) is 1. The van der Waals surface area contributed by atoms with Gasteiger partial charge in [-0.25, -0.2) is 5.01 Å². The quantitative estimate of drug-likeness (QED) is 0.268. The Kier molecular flexibility index (Phi) is 20.8. The van der Waals surface area contributed by atoms with Crippen molar-refractivity contribution in [1.82, 2.24) is 10.4 Å². The molecule has 0 unspecified atom stereocenters. The maximum Gasteiger partial charge on any atom is 1.00 e. The second kappa shape index (κ2) is 18.4. The van der Waals surface area contributed by atoms with Gasteiger partial charge >= 0.3 is 35.5 Å². The van der Waals surface area contributed by atoms with E-state index >= 15 is 0 Å². The van der Waals surface area contributed by atoms with Gasteiger partial charge in [-0.2, -0.15) is 0 Å². The second-order valence-electron chi connectivity index (χ2n) is 5.50. The van der Waals surface area contributed by atoms with Crippen molar-refractivity contribution in [3.8, 4) is 0 Å². The van der Waals surface area contributed by atoms with Crippen molar-refractivity contribution >= 4 is 5.97 Å². The number of nitrogens with one attached hydrogen (secondary N) is 1. The average molecular weight is 310 g/mol. The van der Waals surface area contributed by atoms with Crippen LogP contribution in [0.5, 0.6) is 0 Å². The molecule has 0 radical (unpaired) electrons. The molecule has 0 bridgehead atoms. The first kappa shape index (κ1) is 23.7. The Morgan fingerprint density at radius 1 is 0.952 bits per heavy atom. The van der Waals surface area contributed by atoms with Gasteiger partial charge in [-0.1, -0.05) is 71.6 Å². The predicted octanol–water partition coefficient (Wildman–Crippen LogP) is 0.935. The Balaban J connectivity index is -0.00000180. The number of carbonyl (C=O) groups is 1. The summed E-state index contributed by atoms with van der Waals surface area (Å²) in [6.07, 6.45) is 13.3. The molecule has 0 aliphatic heterocycles. The van der Waals surface area contributed by atoms with Gasteiger partial charge in [0.05, 0.1) is 0 Å². The number of hydrazine groups is 1. The molecule has 2 N–H and O–H groups in total. The summed E-state index contributed by atoms with van der Waals surface area (Å²) in [6.45, 7) is 5.91. The van der Waals surface area contributed by atoms with E-state index in [9.17, 15) is 4.79 Å². The zero-order chi connectivity index (χ0) is 15.1. The van der Waals surface area contributed by atoms with Crippen LogP contribution in [-0.2, 0) is 4.79 Å². The fourth-order valence-electron chi connectivity index (χ4n) is 2.29. The summed E-state index contributed by atoms with van der Waals surface area (Å²) in [5.74, 6) is -0.776. The Morgan fingerprint density at radius 3 is 1.86 bits per heavy atom. The van der Waals surface area contributed by atoms with Crippen LogP contribution in [-0.4, -0.2) is 35.7 Å². The molecule has 0 aliphatic rings. The molecule has 0 spiro atoms. The van der Waals surface area contributed by atoms with E-state index in [0.717, 1.165) is 19.5 Å². The average Bonchev–Trinajstić information content (AvgIpc) is 2.43. The molecule has 0 amide bonds. The minimum atomic E-state index is -0.776. The van der Waals surface area contributed by atoms with Crippen LogP contribution in [0.4, 0.5) is 0 Å². The largest absolute Gasteiger partial charge is 1.00 e. The number of rotatable bonds is 15. The van der Waals surface area contributed by atoms with Gasteiger partial charge in [0.2, 0.25) is 0 Å². The number of likely N-dealkylation sites (N-methyl/N-ethyl adjacent to an activating group) is 1. The fraction of sp³-hybridized carbons (Fsp3) is 0.938. The minimum absolute atomic E-state index is 0. The molecular weight excluding hydrogens is 275 g/mol. The molecule has 4 nitrogen and oxygen atoms in total. The van der Waals surface area contributed by atoms with Crippen molar-refractivity contribution in [2.24, 2.45) is 0 Å². The number of hydrogen-bond donors (Lipinski definition) is 2. The maximum atomic E-state index is 10.6. The van der Waals surface area contributed by atoms with Crippen molar-refractivity contribution in [1.29, 1.82) is 0 Å². The summed E-state index contributed by atoms with van der Waals surface area (Å²) in [6, 6.07) is 0. The van der Waals surface area contributed by atoms with Gasteiger partial charge in [0.15, 0.2) is 0 Å². The monoisotopic (exact) mass is 310 g/mol. The smallest absolute Gasteiger partial charge is 1.00 e. The van der Waals surface area contributed by atoms with Gasteiger partial charge < -0.3 is 6.53 Å². The Hall–Kier alpha value is 0.390. The Bertz CT molecular complexity index is 234. The minimum Gasteiger partial charge on any atom is -1.00 e. The van der Waals surface area contributed by atoms with E-state index in [0.29, 0.717) is 0 Å². The van der Waals surface area contributed by atoms with Crippen LogP contribution in [0.3, 0.4) is 0 Å². The predicted molar refractivity (Wildman–Crippen MR) is 85.8 cm³/mol. The normalized spacial score (nSPS) is 10.6. The Labute approximate surface area is 154 Å². The van der Waals surface area contributed by atoms with Gasteiger partial charge in [0, 0.05) is 13.1 Å². The first-order valence-electron chi connectivity index (χ1n) is 8.41. The van der Waals surface area contributed by atoms with E-state index in [1.54, 1.807) is 5.01 Å². The van der Waals surface area contributed by atoms with Crippen molar-refractivity contribution in [2.45, 2.75) is 78.1 Å². The second-order valence-corrected chi connectivity index (χ2v) is 5.50. The van der Waals surface area contributed by atoms with E-state index in [1.165, 1.54) is 57.8 Å². The van der Waals surface area contributed by atoms with Gasteiger partial charge in [0.25, 0.3) is 0 Å². The molecule has 0 saturated carbocycles. The van der Waals surface area contributed by atoms with Crippen molar-refractivity contribution in [2.75, 3.05) is 19.6 Å². The first-order valence-corrected chi connectivity index (χ1v) is 8.41. The molecule has 5 heteroatoms. The molecule has 0 aromatic carbocycles. The maximum absolute atomic E-state index is 10.6. The van der Waals surface area contributed by atoms with Crippen molar-refractivity contribution in [3.63, 3.8) is 0 Å². The third-order valence-corrected chi connectivity index (χ3v) is 3.57. The molecule has 0 fully saturated rings. The van der Waals surface area contributed by atoms with Crippen molar-refractivity contribution < 1.29 is 40.9 Å². The summed E-state index contributed by atoms with van der Waals surface area (Å²) in [4.78, 5) is 10.6. The van der Waals surface area contributed by atoms with Gasteiger partial charge in [0.1, 0.15) is 6.54 Å². The third-order valence-electron chi connectivity index (χ3n) is 3.57. The van der Waals surface area contributed by atoms with Crippen LogP contribution in [0, 0.1) is 0 Å². The van der Waals surface area contributed by atoms with E-state index < -0.39 is 5.97 Å². The van der Waals surface area contributed by atoms with Crippen LogP contribution in [0.15, 0.2) is 0 Å². The number of carboxylic acids is 1. The zero-order valence-electron chi connectivity index (χ0n) is 15.5. The first-order chi connectivity index (χ1) is 9.70. The molecule has 0 atom stereocenters. The standard InChI is InChI=1S/C16H34N2O2.Na.H/c1-3-5-6-7-8-9-10-11-12-13-14-17-18(4-2)15-16(19)20;;/h17H,3-15H2,1-2H3,(H,19,20);;/q;+1;-1. The number of hydrogen-bond acceptors (Lipinski definition) is 3. The summed E-state index contributed by atoms with van der Waals surface area (Å²) in [7, 11) is 0. The fourth-order valence-corrected chi connectivity index (χ4v) is 2.29. The molecule has 122 valence electrons. The van der Waals surface area contributed by atoms with Gasteiger partial charge in [-0.3, -0.25) is 10.2 Å². The van der Waals surface area contributed by atoms with Crippen LogP contribution >= 0.6 is 0 Å². The van der Waals surface area contributed by atoms with Crippen LogP contribution in [0.1, 0.15) is 79.5 Å². The molecule has 0 aromatic rings. The Morgan fingerprint density at radius 2 is 1.43 bits per heavy atom. The van der Waals surface area contributed by atoms with Crippen LogP contribution in [0.25, 0.3) is 0 Å². The molecule has 0 aliphatic carbocycles. The van der Waals surface area contributed by atoms with Gasteiger partial charge in [-0.05, 0) is 6.42 Å². The molecule has 0 aromatic heterocycles. The van der Waals surface area contributed by atoms with E-state index in [1.807, 2.05) is 6.92 Å². The summed E-state index contributed by atoms with van der Waals surface area (Å²) < 4.78 is 0. The number of aliphatic carboxylic acids is 1. The molecule has 0 heterocycles. The SMILES string of the molecule is CCCCCCCCCCCCNN(CC)CC(=O)O.[H-].[Na+]. The third kappa shape index (κ3) is 18.3.